The van der Waals surface area contributed by atoms with Gasteiger partial charge in [-0.2, -0.15) is 0 Å². The van der Waals surface area contributed by atoms with E-state index in [2.05, 4.69) is 0 Å². The molecule has 0 spiro atoms. The number of carbonyl (C=O) groups is 2. The Bertz CT molecular complexity index is 196. The number of nitrogens with two attached hydrogens (primary N) is 1. The van der Waals surface area contributed by atoms with Gasteiger partial charge in [-0.3, -0.25) is 4.79 Å². The fourth-order valence-corrected chi connectivity index (χ4v) is 0.694. The average Bonchev–Trinajstić information content (AvgIpc) is 2.14. The topological polar surface area (TPSA) is 92.9 Å². The molecule has 0 saturated carbocycles. The van der Waals surface area contributed by atoms with Crippen molar-refractivity contribution in [1.82, 2.24) is 5.01 Å². The molecule has 0 aromatic heterocycles. The lowest BCUT2D eigenvalue weighted by atomic mass is 10.4. The van der Waals surface area contributed by atoms with Crippen LogP contribution >= 0.6 is 0 Å². The van der Waals surface area contributed by atoms with Crippen molar-refractivity contribution in [1.29, 1.82) is 0 Å². The Kier molecular flexibility index (Phi) is 6.47. The molecule has 1 amide bonds. The Morgan fingerprint density at radius 1 is 1.50 bits per heavy atom. The highest BCUT2D eigenvalue weighted by atomic mass is 16.6. The lowest BCUT2D eigenvalue weighted by Gasteiger charge is -2.14. The van der Waals surface area contributed by atoms with E-state index < -0.39 is 12.1 Å². The SMILES string of the molecule is CCCCOC(=O)N(N)CCC(=O)O. The quantitative estimate of drug-likeness (QED) is 0.285. The summed E-state index contributed by atoms with van der Waals surface area (Å²) < 4.78 is 4.75. The van der Waals surface area contributed by atoms with Gasteiger partial charge in [-0.1, -0.05) is 13.3 Å². The first kappa shape index (κ1) is 12.7. The molecular weight excluding hydrogens is 188 g/mol. The number of hydrogen-bond acceptors (Lipinski definition) is 4. The third-order valence-electron chi connectivity index (χ3n) is 1.52. The lowest BCUT2D eigenvalue weighted by Crippen LogP contribution is -2.39. The van der Waals surface area contributed by atoms with E-state index in [1.807, 2.05) is 6.92 Å². The molecule has 0 bridgehead atoms. The normalized spacial score (nSPS) is 9.57. The first-order chi connectivity index (χ1) is 6.57. The van der Waals surface area contributed by atoms with Crippen LogP contribution in [0.4, 0.5) is 4.79 Å². The maximum Gasteiger partial charge on any atom is 0.424 e. The van der Waals surface area contributed by atoms with Crippen LogP contribution in [0.2, 0.25) is 0 Å². The maximum absolute atomic E-state index is 11.0. The number of hydrazine groups is 1. The zero-order chi connectivity index (χ0) is 11.0. The molecule has 0 aromatic carbocycles. The van der Waals surface area contributed by atoms with E-state index in [4.69, 9.17) is 15.7 Å². The minimum atomic E-state index is -0.998. The number of unbranched alkanes of at least 4 members (excludes halogenated alkanes) is 1. The molecule has 0 aliphatic heterocycles. The van der Waals surface area contributed by atoms with Crippen molar-refractivity contribution >= 4 is 12.1 Å². The Morgan fingerprint density at radius 3 is 2.64 bits per heavy atom. The molecule has 0 aliphatic carbocycles. The maximum atomic E-state index is 11.0. The average molecular weight is 204 g/mol. The highest BCUT2D eigenvalue weighted by Gasteiger charge is 2.11. The molecule has 0 rings (SSSR count). The largest absolute Gasteiger partial charge is 0.481 e. The smallest absolute Gasteiger partial charge is 0.424 e. The molecule has 14 heavy (non-hydrogen) atoms. The molecular formula is C8H16N2O4. The van der Waals surface area contributed by atoms with Crippen LogP contribution in [-0.2, 0) is 9.53 Å². The number of nitrogens with zero attached hydrogens (tertiary/aromatic N) is 1. The summed E-state index contributed by atoms with van der Waals surface area (Å²) in [6, 6.07) is 0. The van der Waals surface area contributed by atoms with Gasteiger partial charge in [0, 0.05) is 0 Å². The number of carboxylic acid groups (broad SMARTS) is 1. The molecule has 0 fully saturated rings. The van der Waals surface area contributed by atoms with Crippen molar-refractivity contribution in [2.75, 3.05) is 13.2 Å². The molecule has 0 aliphatic rings. The second-order valence-corrected chi connectivity index (χ2v) is 2.81. The van der Waals surface area contributed by atoms with Gasteiger partial charge in [0.05, 0.1) is 19.6 Å². The molecule has 6 nitrogen and oxygen atoms in total. The zero-order valence-electron chi connectivity index (χ0n) is 8.23. The van der Waals surface area contributed by atoms with E-state index in [9.17, 15) is 9.59 Å². The van der Waals surface area contributed by atoms with E-state index in [0.29, 0.717) is 6.61 Å². The van der Waals surface area contributed by atoms with Gasteiger partial charge >= 0.3 is 12.1 Å². The van der Waals surface area contributed by atoms with Gasteiger partial charge in [0.15, 0.2) is 0 Å². The molecule has 3 N–H and O–H groups in total. The van der Waals surface area contributed by atoms with Gasteiger partial charge in [-0.15, -0.1) is 0 Å². The highest BCUT2D eigenvalue weighted by Crippen LogP contribution is 1.93. The number of aliphatic carboxylic acids is 1. The van der Waals surface area contributed by atoms with Crippen molar-refractivity contribution in [3.8, 4) is 0 Å². The molecule has 82 valence electrons. The third-order valence-corrected chi connectivity index (χ3v) is 1.52. The Labute approximate surface area is 82.6 Å². The summed E-state index contributed by atoms with van der Waals surface area (Å²) in [5.41, 5.74) is 0. The number of carbonyl (C=O) groups excluding carboxylic acids is 1. The zero-order valence-corrected chi connectivity index (χ0v) is 8.23. The second kappa shape index (κ2) is 7.14. The molecule has 0 aromatic rings. The minimum Gasteiger partial charge on any atom is -0.481 e. The van der Waals surface area contributed by atoms with Crippen LogP contribution in [0.15, 0.2) is 0 Å². The summed E-state index contributed by atoms with van der Waals surface area (Å²) in [5.74, 6) is 4.24. The summed E-state index contributed by atoms with van der Waals surface area (Å²) in [6.07, 6.45) is 0.838. The number of ether oxygens (including phenoxy) is 1. The van der Waals surface area contributed by atoms with E-state index in [1.165, 1.54) is 0 Å². The third kappa shape index (κ3) is 6.24. The Hall–Kier alpha value is -1.30. The molecule has 0 unspecified atom stereocenters. The Morgan fingerprint density at radius 2 is 2.14 bits per heavy atom. The summed E-state index contributed by atoms with van der Waals surface area (Å²) in [4.78, 5) is 21.2. The van der Waals surface area contributed by atoms with Crippen LogP contribution in [-0.4, -0.2) is 35.3 Å². The predicted octanol–water partition coefficient (Wildman–Crippen LogP) is 0.573. The molecule has 0 atom stereocenters. The van der Waals surface area contributed by atoms with Crippen molar-refractivity contribution in [2.24, 2.45) is 5.84 Å². The van der Waals surface area contributed by atoms with Crippen LogP contribution in [0.5, 0.6) is 0 Å². The summed E-state index contributed by atoms with van der Waals surface area (Å²) in [6.45, 7) is 2.24. The standard InChI is InChI=1S/C8H16N2O4/c1-2-3-6-14-8(13)10(9)5-4-7(11)12/h2-6,9H2,1H3,(H,11,12). The van der Waals surface area contributed by atoms with Gasteiger partial charge in [0.25, 0.3) is 0 Å². The van der Waals surface area contributed by atoms with Gasteiger partial charge < -0.3 is 9.84 Å². The van der Waals surface area contributed by atoms with Crippen LogP contribution in [0.3, 0.4) is 0 Å². The summed E-state index contributed by atoms with van der Waals surface area (Å²) in [7, 11) is 0. The van der Waals surface area contributed by atoms with Crippen LogP contribution in [0, 0.1) is 0 Å². The monoisotopic (exact) mass is 204 g/mol. The fraction of sp³-hybridized carbons (Fsp3) is 0.750. The van der Waals surface area contributed by atoms with Crippen LogP contribution < -0.4 is 5.84 Å². The predicted molar refractivity (Wildman–Crippen MR) is 49.4 cm³/mol. The minimum absolute atomic E-state index is 0.0414. The number of amides is 1. The van der Waals surface area contributed by atoms with Crippen molar-refractivity contribution in [3.63, 3.8) is 0 Å². The van der Waals surface area contributed by atoms with Crippen molar-refractivity contribution < 1.29 is 19.4 Å². The van der Waals surface area contributed by atoms with Crippen LogP contribution in [0.1, 0.15) is 26.2 Å². The number of hydrogen-bond donors (Lipinski definition) is 2. The second-order valence-electron chi connectivity index (χ2n) is 2.81. The van der Waals surface area contributed by atoms with E-state index in [0.717, 1.165) is 17.9 Å². The molecule has 6 heteroatoms. The van der Waals surface area contributed by atoms with E-state index in [-0.39, 0.29) is 13.0 Å². The fourth-order valence-electron chi connectivity index (χ4n) is 0.694. The van der Waals surface area contributed by atoms with E-state index in [1.54, 1.807) is 0 Å². The van der Waals surface area contributed by atoms with Crippen molar-refractivity contribution in [2.45, 2.75) is 26.2 Å². The van der Waals surface area contributed by atoms with Crippen molar-refractivity contribution in [3.05, 3.63) is 0 Å². The summed E-state index contributed by atoms with van der Waals surface area (Å²) >= 11 is 0. The van der Waals surface area contributed by atoms with Gasteiger partial charge in [0.2, 0.25) is 0 Å². The Balaban J connectivity index is 3.59. The number of carboxylic acids is 1. The van der Waals surface area contributed by atoms with Gasteiger partial charge in [0.1, 0.15) is 0 Å². The van der Waals surface area contributed by atoms with E-state index >= 15 is 0 Å². The lowest BCUT2D eigenvalue weighted by molar-refractivity contribution is -0.137. The molecule has 0 heterocycles. The number of rotatable bonds is 6. The highest BCUT2D eigenvalue weighted by molar-refractivity contribution is 5.70. The molecule has 0 saturated heterocycles. The molecule has 0 radical (unpaired) electrons. The van der Waals surface area contributed by atoms with Gasteiger partial charge in [-0.25, -0.2) is 15.6 Å². The van der Waals surface area contributed by atoms with Crippen LogP contribution in [0.25, 0.3) is 0 Å². The first-order valence-electron chi connectivity index (χ1n) is 4.48. The first-order valence-corrected chi connectivity index (χ1v) is 4.48. The van der Waals surface area contributed by atoms with Gasteiger partial charge in [-0.05, 0) is 6.42 Å². The summed E-state index contributed by atoms with van der Waals surface area (Å²) in [5, 5.41) is 9.09.